The van der Waals surface area contributed by atoms with Gasteiger partial charge in [-0.15, -0.1) is 0 Å². The van der Waals surface area contributed by atoms with E-state index in [2.05, 4.69) is 10.1 Å². The zero-order chi connectivity index (χ0) is 19.3. The summed E-state index contributed by atoms with van der Waals surface area (Å²) in [5.41, 5.74) is 1.19. The van der Waals surface area contributed by atoms with Crippen molar-refractivity contribution in [2.75, 3.05) is 0 Å². The molecule has 1 amide bonds. The highest BCUT2D eigenvalue weighted by Crippen LogP contribution is 2.41. The molecule has 146 valence electrons. The summed E-state index contributed by atoms with van der Waals surface area (Å²) in [5, 5.41) is 13.7. The zero-order valence-electron chi connectivity index (χ0n) is 15.6. The maximum Gasteiger partial charge on any atom is 0.326 e. The molecule has 0 radical (unpaired) electrons. The molecule has 0 spiro atoms. The van der Waals surface area contributed by atoms with Crippen LogP contribution in [0.25, 0.3) is 11.4 Å². The fourth-order valence-corrected chi connectivity index (χ4v) is 4.76. The van der Waals surface area contributed by atoms with Crippen LogP contribution in [-0.2, 0) is 4.79 Å². The van der Waals surface area contributed by atoms with E-state index in [9.17, 15) is 14.7 Å². The Morgan fingerprint density at radius 1 is 1.14 bits per heavy atom. The minimum absolute atomic E-state index is 0.0256. The fourth-order valence-electron chi connectivity index (χ4n) is 4.76. The number of fused-ring (bicyclic) bond motifs is 1. The first kappa shape index (κ1) is 17.4. The van der Waals surface area contributed by atoms with Gasteiger partial charge in [0.05, 0.1) is 0 Å². The summed E-state index contributed by atoms with van der Waals surface area (Å²) in [6.07, 6.45) is 6.76. The van der Waals surface area contributed by atoms with Crippen LogP contribution in [0.4, 0.5) is 0 Å². The smallest absolute Gasteiger partial charge is 0.326 e. The Hall–Kier alpha value is -2.70. The monoisotopic (exact) mass is 381 g/mol. The van der Waals surface area contributed by atoms with Gasteiger partial charge in [0.25, 0.3) is 5.91 Å². The normalized spacial score (nSPS) is 26.9. The lowest BCUT2D eigenvalue weighted by Crippen LogP contribution is -2.46. The van der Waals surface area contributed by atoms with E-state index in [-0.39, 0.29) is 11.9 Å². The maximum absolute atomic E-state index is 13.3. The SMILES string of the molecule is O=C(O)[C@@H]1C[C@@H]2CCCC[C@@H]2N1C(=O)c1cccc(-c2noc(C3CC3)n2)c1. The van der Waals surface area contributed by atoms with Crippen molar-refractivity contribution in [3.63, 3.8) is 0 Å². The molecule has 3 aliphatic rings. The van der Waals surface area contributed by atoms with Crippen molar-refractivity contribution in [1.82, 2.24) is 15.0 Å². The molecule has 1 aliphatic heterocycles. The summed E-state index contributed by atoms with van der Waals surface area (Å²) in [5.74, 6) is 0.668. The van der Waals surface area contributed by atoms with Gasteiger partial charge in [-0.1, -0.05) is 30.1 Å². The van der Waals surface area contributed by atoms with Gasteiger partial charge in [0.1, 0.15) is 6.04 Å². The quantitative estimate of drug-likeness (QED) is 0.871. The van der Waals surface area contributed by atoms with E-state index < -0.39 is 12.0 Å². The molecule has 1 aromatic heterocycles. The molecule has 0 unspecified atom stereocenters. The van der Waals surface area contributed by atoms with Gasteiger partial charge in [-0.3, -0.25) is 4.79 Å². The minimum Gasteiger partial charge on any atom is -0.480 e. The number of benzene rings is 1. The number of aromatic nitrogens is 2. The number of hydrogen-bond acceptors (Lipinski definition) is 5. The second kappa shape index (κ2) is 6.72. The Kier molecular flexibility index (Phi) is 4.18. The second-order valence-electron chi connectivity index (χ2n) is 8.23. The van der Waals surface area contributed by atoms with Crippen LogP contribution in [0.2, 0.25) is 0 Å². The molecule has 1 N–H and O–H groups in total. The van der Waals surface area contributed by atoms with Crippen LogP contribution in [0.15, 0.2) is 28.8 Å². The number of nitrogens with zero attached hydrogens (tertiary/aromatic N) is 3. The molecule has 28 heavy (non-hydrogen) atoms. The summed E-state index contributed by atoms with van der Waals surface area (Å²) in [7, 11) is 0. The Morgan fingerprint density at radius 2 is 1.96 bits per heavy atom. The fraction of sp³-hybridized carbons (Fsp3) is 0.524. The van der Waals surface area contributed by atoms with Crippen molar-refractivity contribution in [2.24, 2.45) is 5.92 Å². The standard InChI is InChI=1S/C21H23N3O4/c25-20(24-16-7-2-1-4-13(16)11-17(24)21(26)27)15-6-3-5-14(10-15)18-22-19(28-23-18)12-8-9-12/h3,5-6,10,12-13,16-17H,1-2,4,7-9,11H2,(H,26,27)/t13-,16-,17-/m0/s1. The Labute approximate surface area is 162 Å². The summed E-state index contributed by atoms with van der Waals surface area (Å²) in [6, 6.07) is 6.41. The van der Waals surface area contributed by atoms with Crippen molar-refractivity contribution < 1.29 is 19.2 Å². The number of aliphatic carboxylic acids is 1. The molecule has 7 heteroatoms. The number of amides is 1. The van der Waals surface area contributed by atoms with Gasteiger partial charge in [0.15, 0.2) is 0 Å². The van der Waals surface area contributed by atoms with E-state index in [1.165, 1.54) is 0 Å². The topological polar surface area (TPSA) is 96.5 Å². The van der Waals surface area contributed by atoms with Crippen LogP contribution in [-0.4, -0.2) is 44.1 Å². The van der Waals surface area contributed by atoms with Gasteiger partial charge < -0.3 is 14.5 Å². The third-order valence-corrected chi connectivity index (χ3v) is 6.34. The van der Waals surface area contributed by atoms with E-state index in [0.717, 1.165) is 38.5 Å². The Balaban J connectivity index is 1.44. The summed E-state index contributed by atoms with van der Waals surface area (Å²) in [6.45, 7) is 0. The third-order valence-electron chi connectivity index (χ3n) is 6.34. The summed E-state index contributed by atoms with van der Waals surface area (Å²) >= 11 is 0. The van der Waals surface area contributed by atoms with Crippen LogP contribution in [0.3, 0.4) is 0 Å². The van der Waals surface area contributed by atoms with Gasteiger partial charge in [0, 0.05) is 23.1 Å². The second-order valence-corrected chi connectivity index (χ2v) is 8.23. The van der Waals surface area contributed by atoms with Crippen LogP contribution in [0.1, 0.15) is 67.1 Å². The maximum atomic E-state index is 13.3. The van der Waals surface area contributed by atoms with Gasteiger partial charge in [0.2, 0.25) is 11.7 Å². The molecule has 3 atom stereocenters. The lowest BCUT2D eigenvalue weighted by molar-refractivity contribution is -0.141. The number of carbonyl (C=O) groups is 2. The number of hydrogen-bond donors (Lipinski definition) is 1. The predicted octanol–water partition coefficient (Wildman–Crippen LogP) is 3.47. The first-order valence-corrected chi connectivity index (χ1v) is 10.1. The average Bonchev–Trinajstić information content (AvgIpc) is 3.31. The van der Waals surface area contributed by atoms with E-state index in [4.69, 9.17) is 4.52 Å². The highest BCUT2D eigenvalue weighted by atomic mass is 16.5. The Morgan fingerprint density at radius 3 is 2.75 bits per heavy atom. The first-order valence-electron chi connectivity index (χ1n) is 10.1. The molecule has 2 aliphatic carbocycles. The van der Waals surface area contributed by atoms with Gasteiger partial charge >= 0.3 is 5.97 Å². The van der Waals surface area contributed by atoms with Crippen LogP contribution < -0.4 is 0 Å². The molecular formula is C21H23N3O4. The van der Waals surface area contributed by atoms with Gasteiger partial charge in [-0.25, -0.2) is 4.79 Å². The average molecular weight is 381 g/mol. The van der Waals surface area contributed by atoms with Crippen LogP contribution in [0, 0.1) is 5.92 Å². The van der Waals surface area contributed by atoms with Crippen molar-refractivity contribution in [3.8, 4) is 11.4 Å². The summed E-state index contributed by atoms with van der Waals surface area (Å²) < 4.78 is 5.33. The van der Waals surface area contributed by atoms with E-state index in [1.54, 1.807) is 23.1 Å². The van der Waals surface area contributed by atoms with Crippen molar-refractivity contribution in [1.29, 1.82) is 0 Å². The van der Waals surface area contributed by atoms with Gasteiger partial charge in [-0.2, -0.15) is 4.98 Å². The van der Waals surface area contributed by atoms with Gasteiger partial charge in [-0.05, 0) is 50.2 Å². The molecule has 5 rings (SSSR count). The summed E-state index contributed by atoms with van der Waals surface area (Å²) in [4.78, 5) is 31.2. The van der Waals surface area contributed by atoms with Crippen LogP contribution in [0.5, 0.6) is 0 Å². The molecule has 7 nitrogen and oxygen atoms in total. The van der Waals surface area contributed by atoms with E-state index in [1.807, 2.05) is 6.07 Å². The molecule has 1 aromatic carbocycles. The van der Waals surface area contributed by atoms with Crippen LogP contribution >= 0.6 is 0 Å². The van der Waals surface area contributed by atoms with Crippen molar-refractivity contribution in [3.05, 3.63) is 35.7 Å². The van der Waals surface area contributed by atoms with Crippen molar-refractivity contribution in [2.45, 2.75) is 62.9 Å². The molecule has 0 bridgehead atoms. The molecule has 2 aromatic rings. The largest absolute Gasteiger partial charge is 0.480 e. The third kappa shape index (κ3) is 2.99. The Bertz CT molecular complexity index is 920. The molecule has 2 heterocycles. The lowest BCUT2D eigenvalue weighted by Gasteiger charge is -2.33. The number of rotatable bonds is 4. The number of carboxylic acid groups (broad SMARTS) is 1. The first-order chi connectivity index (χ1) is 13.6. The zero-order valence-corrected chi connectivity index (χ0v) is 15.6. The molecule has 2 saturated carbocycles. The molecular weight excluding hydrogens is 358 g/mol. The minimum atomic E-state index is -0.911. The lowest BCUT2D eigenvalue weighted by atomic mass is 9.84. The van der Waals surface area contributed by atoms with E-state index in [0.29, 0.717) is 41.1 Å². The number of carboxylic acids is 1. The number of carbonyl (C=O) groups excluding carboxylic acids is 1. The number of likely N-dealkylation sites (tertiary alicyclic amines) is 1. The molecule has 1 saturated heterocycles. The molecule has 3 fully saturated rings. The van der Waals surface area contributed by atoms with E-state index >= 15 is 0 Å². The highest BCUT2D eigenvalue weighted by molar-refractivity contribution is 5.98. The van der Waals surface area contributed by atoms with Crippen molar-refractivity contribution >= 4 is 11.9 Å². The highest BCUT2D eigenvalue weighted by Gasteiger charge is 2.47. The predicted molar refractivity (Wildman–Crippen MR) is 99.7 cm³/mol.